The van der Waals surface area contributed by atoms with Gasteiger partial charge in [-0.15, -0.1) is 0 Å². The molecule has 0 fully saturated rings. The first-order chi connectivity index (χ1) is 12.2. The molecule has 0 aliphatic heterocycles. The topological polar surface area (TPSA) is 61.1 Å². The van der Waals surface area contributed by atoms with E-state index < -0.39 is 5.97 Å². The van der Waals surface area contributed by atoms with Gasteiger partial charge in [0.05, 0.1) is 17.2 Å². The molecule has 3 aromatic rings. The van der Waals surface area contributed by atoms with E-state index in [1.54, 1.807) is 12.1 Å². The van der Waals surface area contributed by atoms with Crippen molar-refractivity contribution >= 4 is 5.97 Å². The normalized spacial score (nSPS) is 9.44. The van der Waals surface area contributed by atoms with Crippen LogP contribution in [-0.2, 0) is 6.42 Å². The number of aryl methyl sites for hydroxylation is 1. The van der Waals surface area contributed by atoms with Gasteiger partial charge in [-0.05, 0) is 41.3 Å². The maximum absolute atomic E-state index is 10.6. The van der Waals surface area contributed by atoms with E-state index in [0.29, 0.717) is 11.1 Å². The van der Waals surface area contributed by atoms with Crippen LogP contribution in [0.4, 0.5) is 0 Å². The van der Waals surface area contributed by atoms with Crippen molar-refractivity contribution in [1.29, 1.82) is 5.26 Å². The van der Waals surface area contributed by atoms with Gasteiger partial charge in [-0.2, -0.15) is 5.26 Å². The fraction of sp³-hybridized carbons (Fsp3) is 0.0909. The molecule has 3 rings (SSSR count). The molecule has 0 amide bonds. The van der Waals surface area contributed by atoms with Crippen LogP contribution in [0.25, 0.3) is 11.1 Å². The maximum Gasteiger partial charge on any atom is 0.335 e. The summed E-state index contributed by atoms with van der Waals surface area (Å²) < 4.78 is 0. The third-order valence-corrected chi connectivity index (χ3v) is 3.75. The van der Waals surface area contributed by atoms with Crippen molar-refractivity contribution in [3.05, 3.63) is 95.6 Å². The molecule has 25 heavy (non-hydrogen) atoms. The molecule has 1 N–H and O–H groups in total. The summed E-state index contributed by atoms with van der Waals surface area (Å²) >= 11 is 0. The highest BCUT2D eigenvalue weighted by molar-refractivity contribution is 5.89. The van der Waals surface area contributed by atoms with E-state index in [4.69, 9.17) is 10.4 Å². The van der Waals surface area contributed by atoms with Crippen LogP contribution in [0, 0.1) is 11.3 Å². The summed E-state index contributed by atoms with van der Waals surface area (Å²) in [6.07, 6.45) is 0.766. The van der Waals surface area contributed by atoms with Crippen molar-refractivity contribution in [3.63, 3.8) is 0 Å². The van der Waals surface area contributed by atoms with Gasteiger partial charge >= 0.3 is 5.97 Å². The Morgan fingerprint density at radius 3 is 1.96 bits per heavy atom. The molecule has 0 saturated heterocycles. The van der Waals surface area contributed by atoms with Crippen LogP contribution < -0.4 is 0 Å². The zero-order valence-electron chi connectivity index (χ0n) is 14.0. The lowest BCUT2D eigenvalue weighted by Crippen LogP contribution is -2.00. The summed E-state index contributed by atoms with van der Waals surface area (Å²) in [5.41, 5.74) is 4.32. The van der Waals surface area contributed by atoms with E-state index in [0.717, 1.165) is 17.5 Å². The number of carbonyl (C=O) groups is 1. The van der Waals surface area contributed by atoms with Gasteiger partial charge in [0.2, 0.25) is 0 Å². The molecule has 3 nitrogen and oxygen atoms in total. The van der Waals surface area contributed by atoms with Gasteiger partial charge in [0.1, 0.15) is 0 Å². The predicted molar refractivity (Wildman–Crippen MR) is 99.4 cm³/mol. The molecule has 0 aliphatic carbocycles. The first-order valence-electron chi connectivity index (χ1n) is 8.02. The Bertz CT molecular complexity index is 863. The molecule has 0 unspecified atom stereocenters. The van der Waals surface area contributed by atoms with Gasteiger partial charge in [0, 0.05) is 0 Å². The Morgan fingerprint density at radius 2 is 1.44 bits per heavy atom. The van der Waals surface area contributed by atoms with E-state index in [1.165, 1.54) is 5.56 Å². The standard InChI is InChI=1S/C13H9N.C9H10O2/c14-10-11-6-8-13(9-7-11)12-4-2-1-3-5-12;1-2-7-5-3-4-6-8(7)9(10)11/h1-9H;3-6H,2H2,1H3,(H,10,11). The number of carboxylic acids is 1. The minimum atomic E-state index is -0.845. The summed E-state index contributed by atoms with van der Waals surface area (Å²) in [4.78, 5) is 10.6. The van der Waals surface area contributed by atoms with Crippen LogP contribution in [0.5, 0.6) is 0 Å². The van der Waals surface area contributed by atoms with Crippen molar-refractivity contribution in [2.45, 2.75) is 13.3 Å². The molecule has 124 valence electrons. The molecule has 0 spiro atoms. The third kappa shape index (κ3) is 5.05. The van der Waals surface area contributed by atoms with Crippen LogP contribution in [0.2, 0.25) is 0 Å². The molecule has 0 radical (unpaired) electrons. The second kappa shape index (κ2) is 9.05. The number of benzene rings is 3. The van der Waals surface area contributed by atoms with Crippen LogP contribution >= 0.6 is 0 Å². The molecular weight excluding hydrogens is 310 g/mol. The zero-order chi connectivity index (χ0) is 18.1. The summed E-state index contributed by atoms with van der Waals surface area (Å²) in [5.74, 6) is -0.845. The molecule has 0 heterocycles. The smallest absolute Gasteiger partial charge is 0.335 e. The molecule has 3 heteroatoms. The average molecular weight is 329 g/mol. The van der Waals surface area contributed by atoms with Gasteiger partial charge in [-0.3, -0.25) is 0 Å². The van der Waals surface area contributed by atoms with Gasteiger partial charge < -0.3 is 5.11 Å². The first-order valence-corrected chi connectivity index (χ1v) is 8.02. The molecule has 0 atom stereocenters. The quantitative estimate of drug-likeness (QED) is 0.721. The fourth-order valence-electron chi connectivity index (χ4n) is 2.41. The lowest BCUT2D eigenvalue weighted by atomic mass is 10.0. The zero-order valence-corrected chi connectivity index (χ0v) is 14.0. The monoisotopic (exact) mass is 329 g/mol. The molecule has 0 aliphatic rings. The highest BCUT2D eigenvalue weighted by atomic mass is 16.4. The van der Waals surface area contributed by atoms with Crippen molar-refractivity contribution in [3.8, 4) is 17.2 Å². The van der Waals surface area contributed by atoms with E-state index >= 15 is 0 Å². The minimum Gasteiger partial charge on any atom is -0.478 e. The molecule has 0 bridgehead atoms. The first kappa shape index (κ1) is 18.0. The Kier molecular flexibility index (Phi) is 6.50. The average Bonchev–Trinajstić information content (AvgIpc) is 2.69. The van der Waals surface area contributed by atoms with Crippen LogP contribution in [0.15, 0.2) is 78.9 Å². The van der Waals surface area contributed by atoms with Crippen molar-refractivity contribution in [2.75, 3.05) is 0 Å². The molecule has 0 aromatic heterocycles. The SMILES string of the molecule is CCc1ccccc1C(=O)O.N#Cc1ccc(-c2ccccc2)cc1. The summed E-state index contributed by atoms with van der Waals surface area (Å²) in [6.45, 7) is 1.95. The summed E-state index contributed by atoms with van der Waals surface area (Å²) in [6, 6.07) is 26.9. The number of hydrogen-bond donors (Lipinski definition) is 1. The second-order valence-corrected chi connectivity index (χ2v) is 5.37. The lowest BCUT2D eigenvalue weighted by Gasteiger charge is -2.00. The number of nitriles is 1. The summed E-state index contributed by atoms with van der Waals surface area (Å²) in [5, 5.41) is 17.3. The molecular formula is C22H19NO2. The van der Waals surface area contributed by atoms with Crippen LogP contribution in [0.1, 0.15) is 28.4 Å². The van der Waals surface area contributed by atoms with Crippen LogP contribution in [-0.4, -0.2) is 11.1 Å². The predicted octanol–water partition coefficient (Wildman–Crippen LogP) is 5.17. The van der Waals surface area contributed by atoms with E-state index in [-0.39, 0.29) is 0 Å². The number of hydrogen-bond acceptors (Lipinski definition) is 2. The largest absolute Gasteiger partial charge is 0.478 e. The van der Waals surface area contributed by atoms with Crippen molar-refractivity contribution in [2.24, 2.45) is 0 Å². The highest BCUT2D eigenvalue weighted by Crippen LogP contribution is 2.18. The van der Waals surface area contributed by atoms with Crippen molar-refractivity contribution < 1.29 is 9.90 Å². The maximum atomic E-state index is 10.6. The number of rotatable bonds is 3. The number of aromatic carboxylic acids is 1. The Morgan fingerprint density at radius 1 is 0.880 bits per heavy atom. The van der Waals surface area contributed by atoms with Gasteiger partial charge in [-0.25, -0.2) is 4.79 Å². The van der Waals surface area contributed by atoms with Gasteiger partial charge in [-0.1, -0.05) is 67.6 Å². The highest BCUT2D eigenvalue weighted by Gasteiger charge is 2.05. The Hall–Kier alpha value is -3.38. The second-order valence-electron chi connectivity index (χ2n) is 5.37. The van der Waals surface area contributed by atoms with E-state index in [1.807, 2.05) is 61.5 Å². The lowest BCUT2D eigenvalue weighted by molar-refractivity contribution is 0.0695. The Labute approximate surface area is 147 Å². The van der Waals surface area contributed by atoms with Gasteiger partial charge in [0.15, 0.2) is 0 Å². The number of carboxylic acid groups (broad SMARTS) is 1. The molecule has 0 saturated carbocycles. The van der Waals surface area contributed by atoms with Crippen LogP contribution in [0.3, 0.4) is 0 Å². The van der Waals surface area contributed by atoms with Gasteiger partial charge in [0.25, 0.3) is 0 Å². The Balaban J connectivity index is 0.000000186. The minimum absolute atomic E-state index is 0.412. The molecule has 3 aromatic carbocycles. The summed E-state index contributed by atoms with van der Waals surface area (Å²) in [7, 11) is 0. The fourth-order valence-corrected chi connectivity index (χ4v) is 2.41. The number of nitrogens with zero attached hydrogens (tertiary/aromatic N) is 1. The van der Waals surface area contributed by atoms with E-state index in [2.05, 4.69) is 18.2 Å². The van der Waals surface area contributed by atoms with Crippen molar-refractivity contribution in [1.82, 2.24) is 0 Å². The van der Waals surface area contributed by atoms with E-state index in [9.17, 15) is 4.79 Å². The third-order valence-electron chi connectivity index (χ3n) is 3.75.